The molecule has 0 amide bonds. The monoisotopic (exact) mass is 145 g/mol. The molecule has 7 heteroatoms. The van der Waals surface area contributed by atoms with E-state index in [0.29, 0.717) is 0 Å². The largest absolute Gasteiger partial charge is 0.810 e. The lowest BCUT2D eigenvalue weighted by Crippen LogP contribution is -2.20. The maximum absolute atomic E-state index is 9.35. The second-order valence-corrected chi connectivity index (χ2v) is 2.38. The van der Waals surface area contributed by atoms with Crippen molar-refractivity contribution in [3.63, 3.8) is 0 Å². The van der Waals surface area contributed by atoms with Crippen LogP contribution in [0, 0.1) is 0 Å². The summed E-state index contributed by atoms with van der Waals surface area (Å²) in [6.07, 6.45) is -0.785. The van der Waals surface area contributed by atoms with E-state index in [1.54, 1.807) is 0 Å². The third-order valence-corrected chi connectivity index (χ3v) is 0.671. The van der Waals surface area contributed by atoms with E-state index in [9.17, 15) is 14.4 Å². The van der Waals surface area contributed by atoms with E-state index in [-0.39, 0.29) is 12.3 Å². The van der Waals surface area contributed by atoms with Gasteiger partial charge in [0.15, 0.2) is 0 Å². The Morgan fingerprint density at radius 1 is 1.38 bits per heavy atom. The molecule has 0 aromatic carbocycles. The SMILES string of the molecule is NCP(=O)([O-])[O-].[NH4+].[NH4+]. The first-order valence-corrected chi connectivity index (χ1v) is 3.00. The van der Waals surface area contributed by atoms with Crippen molar-refractivity contribution in [3.05, 3.63) is 0 Å². The van der Waals surface area contributed by atoms with Crippen molar-refractivity contribution in [2.45, 2.75) is 0 Å². The van der Waals surface area contributed by atoms with Gasteiger partial charge in [-0.05, 0) is 0 Å². The second kappa shape index (κ2) is 5.17. The normalized spacial score (nSPS) is 8.88. The van der Waals surface area contributed by atoms with E-state index in [1.807, 2.05) is 0 Å². The zero-order valence-corrected chi connectivity index (χ0v) is 5.85. The van der Waals surface area contributed by atoms with Crippen LogP contribution in [0.4, 0.5) is 0 Å². The van der Waals surface area contributed by atoms with Crippen molar-refractivity contribution in [2.24, 2.45) is 5.73 Å². The van der Waals surface area contributed by atoms with Gasteiger partial charge in [0, 0.05) is 6.29 Å². The fraction of sp³-hybridized carbons (Fsp3) is 1.00. The van der Waals surface area contributed by atoms with E-state index >= 15 is 0 Å². The summed E-state index contributed by atoms with van der Waals surface area (Å²) < 4.78 is 9.35. The smallest absolute Gasteiger partial charge is 0.0205 e. The first kappa shape index (κ1) is 15.7. The van der Waals surface area contributed by atoms with Crippen molar-refractivity contribution in [2.75, 3.05) is 6.29 Å². The predicted molar refractivity (Wildman–Crippen MR) is 28.6 cm³/mol. The summed E-state index contributed by atoms with van der Waals surface area (Å²) in [6.45, 7) is 0. The van der Waals surface area contributed by atoms with Crippen LogP contribution in [0.5, 0.6) is 0 Å². The van der Waals surface area contributed by atoms with Gasteiger partial charge in [-0.2, -0.15) is 0 Å². The lowest BCUT2D eigenvalue weighted by Gasteiger charge is -2.26. The summed E-state index contributed by atoms with van der Waals surface area (Å²) in [6, 6.07) is 0. The molecule has 0 spiro atoms. The molecule has 0 rings (SSSR count). The molecule has 0 radical (unpaired) electrons. The van der Waals surface area contributed by atoms with Crippen molar-refractivity contribution in [3.8, 4) is 0 Å². The van der Waals surface area contributed by atoms with Crippen LogP contribution in [0.3, 0.4) is 0 Å². The van der Waals surface area contributed by atoms with Crippen molar-refractivity contribution >= 4 is 7.60 Å². The van der Waals surface area contributed by atoms with Gasteiger partial charge in [0.25, 0.3) is 0 Å². The Hall–Kier alpha value is 0.0300. The van der Waals surface area contributed by atoms with Crippen molar-refractivity contribution in [1.29, 1.82) is 0 Å². The molecule has 0 aliphatic carbocycles. The molecule has 0 atom stereocenters. The van der Waals surface area contributed by atoms with Gasteiger partial charge in [-0.15, -0.1) is 0 Å². The average Bonchev–Trinajstić information content (AvgIpc) is 1.35. The second-order valence-electron chi connectivity index (χ2n) is 0.793. The number of rotatable bonds is 1. The third kappa shape index (κ3) is 16.6. The number of hydrogen-bond acceptors (Lipinski definition) is 4. The Morgan fingerprint density at radius 3 is 1.50 bits per heavy atom. The molecule has 10 N–H and O–H groups in total. The Morgan fingerprint density at radius 2 is 1.50 bits per heavy atom. The molecule has 0 aliphatic heterocycles. The van der Waals surface area contributed by atoms with Crippen LogP contribution in [0.1, 0.15) is 0 Å². The highest BCUT2D eigenvalue weighted by Gasteiger charge is 1.76. The summed E-state index contributed by atoms with van der Waals surface area (Å²) in [5.41, 5.74) is 4.42. The van der Waals surface area contributed by atoms with Gasteiger partial charge in [0.2, 0.25) is 0 Å². The quantitative estimate of drug-likeness (QED) is 0.385. The molecule has 0 aliphatic rings. The van der Waals surface area contributed by atoms with Crippen LogP contribution < -0.4 is 27.8 Å². The maximum atomic E-state index is 9.35. The molecular weight excluding hydrogens is 133 g/mol. The Bertz CT molecular complexity index is 78.6. The Balaban J connectivity index is -0.000000125. The van der Waals surface area contributed by atoms with Crippen LogP contribution in [0.2, 0.25) is 0 Å². The lowest BCUT2D eigenvalue weighted by atomic mass is 11.6. The summed E-state index contributed by atoms with van der Waals surface area (Å²) >= 11 is 0. The third-order valence-electron chi connectivity index (χ3n) is 0.224. The maximum Gasteiger partial charge on any atom is 0.0205 e. The number of quaternary nitrogens is 2. The van der Waals surface area contributed by atoms with E-state index in [0.717, 1.165) is 0 Å². The first-order chi connectivity index (χ1) is 2.56. The van der Waals surface area contributed by atoms with Gasteiger partial charge in [-0.1, -0.05) is 7.60 Å². The first-order valence-electron chi connectivity index (χ1n) is 1.27. The van der Waals surface area contributed by atoms with E-state index in [2.05, 4.69) is 5.73 Å². The highest BCUT2D eigenvalue weighted by molar-refractivity contribution is 7.48. The van der Waals surface area contributed by atoms with Crippen LogP contribution in [0.25, 0.3) is 0 Å². The van der Waals surface area contributed by atoms with Crippen molar-refractivity contribution < 1.29 is 14.4 Å². The molecular formula is CH12N3O3P. The molecule has 0 saturated heterocycles. The molecule has 0 bridgehead atoms. The minimum absolute atomic E-state index is 0. The van der Waals surface area contributed by atoms with Gasteiger partial charge in [-0.25, -0.2) is 0 Å². The average molecular weight is 145 g/mol. The molecule has 6 nitrogen and oxygen atoms in total. The van der Waals surface area contributed by atoms with Gasteiger partial charge in [0.1, 0.15) is 0 Å². The zero-order chi connectivity index (χ0) is 5.21. The van der Waals surface area contributed by atoms with Crippen LogP contribution in [-0.4, -0.2) is 6.29 Å². The Kier molecular flexibility index (Phi) is 10.1. The minimum atomic E-state index is -4.37. The summed E-state index contributed by atoms with van der Waals surface area (Å²) in [5, 5.41) is 0. The molecule has 54 valence electrons. The van der Waals surface area contributed by atoms with Crippen LogP contribution >= 0.6 is 7.60 Å². The minimum Gasteiger partial charge on any atom is -0.810 e. The molecule has 0 aromatic heterocycles. The molecule has 0 fully saturated rings. The summed E-state index contributed by atoms with van der Waals surface area (Å²) in [5.74, 6) is 0. The van der Waals surface area contributed by atoms with Gasteiger partial charge in [-0.3, -0.25) is 0 Å². The molecule has 8 heavy (non-hydrogen) atoms. The Labute approximate surface area is 47.4 Å². The summed E-state index contributed by atoms with van der Waals surface area (Å²) in [7, 11) is -4.37. The van der Waals surface area contributed by atoms with E-state index < -0.39 is 13.9 Å². The van der Waals surface area contributed by atoms with Crippen LogP contribution in [0.15, 0.2) is 0 Å². The van der Waals surface area contributed by atoms with Gasteiger partial charge in [0.05, 0.1) is 0 Å². The topological polar surface area (TPSA) is 162 Å². The molecule has 0 heterocycles. The predicted octanol–water partition coefficient (Wildman–Crippen LogP) is -1.43. The van der Waals surface area contributed by atoms with E-state index in [1.165, 1.54) is 0 Å². The fourth-order valence-electron chi connectivity index (χ4n) is 0. The lowest BCUT2D eigenvalue weighted by molar-refractivity contribution is -0.313. The standard InChI is InChI=1S/CH6NO3P.2H3N/c2-1-6(3,4)5;;/h1-2H2,(H2,3,4,5);2*1H3. The molecule has 0 saturated carbocycles. The number of nitrogens with two attached hydrogens (primary N) is 1. The highest BCUT2D eigenvalue weighted by Crippen LogP contribution is 2.17. The van der Waals surface area contributed by atoms with Gasteiger partial charge < -0.3 is 32.4 Å². The fourth-order valence-corrected chi connectivity index (χ4v) is 0. The van der Waals surface area contributed by atoms with Gasteiger partial charge >= 0.3 is 0 Å². The van der Waals surface area contributed by atoms with E-state index in [4.69, 9.17) is 0 Å². The number of hydrogen-bond donors (Lipinski definition) is 3. The highest BCUT2D eigenvalue weighted by atomic mass is 31.2. The molecule has 0 unspecified atom stereocenters. The zero-order valence-electron chi connectivity index (χ0n) is 4.96. The molecule has 0 aromatic rings. The van der Waals surface area contributed by atoms with Crippen molar-refractivity contribution in [1.82, 2.24) is 12.3 Å². The summed E-state index contributed by atoms with van der Waals surface area (Å²) in [4.78, 5) is 18.7. The van der Waals surface area contributed by atoms with Crippen LogP contribution in [-0.2, 0) is 4.57 Å².